The second kappa shape index (κ2) is 8.07. The molecular weight excluding hydrogens is 361 g/mol. The van der Waals surface area contributed by atoms with Crippen molar-refractivity contribution in [2.24, 2.45) is 0 Å². The summed E-state index contributed by atoms with van der Waals surface area (Å²) in [5.74, 6) is -1.52. The number of rotatable bonds is 6. The number of hydrogen-bond acceptors (Lipinski definition) is 4. The number of sulfonamides is 1. The molecule has 0 saturated heterocycles. The highest BCUT2D eigenvalue weighted by Crippen LogP contribution is 2.13. The molecule has 2 N–H and O–H groups in total. The van der Waals surface area contributed by atoms with Crippen LogP contribution in [-0.2, 0) is 14.8 Å². The SMILES string of the molecule is CNS(=O)(=O)c1cccc(C(=O)N(C)CC(=O)Nc2cccc(F)c2)c1. The van der Waals surface area contributed by atoms with Gasteiger partial charge in [-0.2, -0.15) is 0 Å². The van der Waals surface area contributed by atoms with Crippen LogP contribution in [0, 0.1) is 5.82 Å². The maximum Gasteiger partial charge on any atom is 0.254 e. The van der Waals surface area contributed by atoms with Gasteiger partial charge in [0, 0.05) is 18.3 Å². The summed E-state index contributed by atoms with van der Waals surface area (Å²) in [7, 11) is -1.00. The highest BCUT2D eigenvalue weighted by molar-refractivity contribution is 7.89. The lowest BCUT2D eigenvalue weighted by molar-refractivity contribution is -0.116. The number of hydrogen-bond donors (Lipinski definition) is 2. The Kier molecular flexibility index (Phi) is 6.06. The maximum atomic E-state index is 13.1. The molecule has 0 aliphatic heterocycles. The third kappa shape index (κ3) is 4.87. The second-order valence-corrected chi connectivity index (χ2v) is 7.34. The minimum absolute atomic E-state index is 0.0523. The molecule has 2 aromatic rings. The summed E-state index contributed by atoms with van der Waals surface area (Å²) in [5.41, 5.74) is 0.403. The molecule has 2 amide bonds. The molecule has 0 spiro atoms. The van der Waals surface area contributed by atoms with Crippen LogP contribution in [0.1, 0.15) is 10.4 Å². The van der Waals surface area contributed by atoms with Crippen LogP contribution in [0.25, 0.3) is 0 Å². The molecule has 2 aromatic carbocycles. The minimum atomic E-state index is -3.68. The van der Waals surface area contributed by atoms with E-state index < -0.39 is 27.7 Å². The molecule has 0 radical (unpaired) electrons. The van der Waals surface area contributed by atoms with E-state index in [4.69, 9.17) is 0 Å². The zero-order valence-electron chi connectivity index (χ0n) is 14.2. The Morgan fingerprint density at radius 3 is 2.46 bits per heavy atom. The number of anilines is 1. The molecule has 2 rings (SSSR count). The second-order valence-electron chi connectivity index (χ2n) is 5.46. The van der Waals surface area contributed by atoms with Crippen molar-refractivity contribution in [2.75, 3.05) is 26.0 Å². The summed E-state index contributed by atoms with van der Waals surface area (Å²) in [6.07, 6.45) is 0. The molecule has 0 aliphatic rings. The molecular formula is C17H18FN3O4S. The summed E-state index contributed by atoms with van der Waals surface area (Å²) in [6.45, 7) is -0.279. The summed E-state index contributed by atoms with van der Waals surface area (Å²) in [4.78, 5) is 25.5. The number of likely N-dealkylation sites (N-methyl/N-ethyl adjacent to an activating group) is 1. The quantitative estimate of drug-likeness (QED) is 0.794. The van der Waals surface area contributed by atoms with E-state index in [1.807, 2.05) is 0 Å². The predicted octanol–water partition coefficient (Wildman–Crippen LogP) is 1.44. The largest absolute Gasteiger partial charge is 0.332 e. The van der Waals surface area contributed by atoms with Crippen LogP contribution in [0.5, 0.6) is 0 Å². The van der Waals surface area contributed by atoms with Crippen LogP contribution in [0.15, 0.2) is 53.4 Å². The molecule has 0 unspecified atom stereocenters. The molecule has 138 valence electrons. The molecule has 0 heterocycles. The summed E-state index contributed by atoms with van der Waals surface area (Å²) >= 11 is 0. The summed E-state index contributed by atoms with van der Waals surface area (Å²) in [5, 5.41) is 2.49. The standard InChI is InChI=1S/C17H18FN3O4S/c1-19-26(24,25)15-8-3-5-12(9-15)17(23)21(2)11-16(22)20-14-7-4-6-13(18)10-14/h3-10,19H,11H2,1-2H3,(H,20,22). The first-order valence-electron chi connectivity index (χ1n) is 7.57. The van der Waals surface area contributed by atoms with Gasteiger partial charge in [-0.15, -0.1) is 0 Å². The van der Waals surface area contributed by atoms with E-state index in [0.717, 1.165) is 11.0 Å². The fraction of sp³-hybridized carbons (Fsp3) is 0.176. The number of carbonyl (C=O) groups is 2. The first kappa shape index (κ1) is 19.5. The lowest BCUT2D eigenvalue weighted by Gasteiger charge is -2.17. The molecule has 7 nitrogen and oxygen atoms in total. The van der Waals surface area contributed by atoms with E-state index in [1.165, 1.54) is 56.6 Å². The van der Waals surface area contributed by atoms with E-state index in [0.29, 0.717) is 0 Å². The van der Waals surface area contributed by atoms with Crippen molar-refractivity contribution in [3.8, 4) is 0 Å². The third-order valence-electron chi connectivity index (χ3n) is 3.50. The number of halogens is 1. The van der Waals surface area contributed by atoms with Gasteiger partial charge in [-0.05, 0) is 43.4 Å². The van der Waals surface area contributed by atoms with Crippen molar-refractivity contribution in [3.05, 3.63) is 59.9 Å². The van der Waals surface area contributed by atoms with Crippen LogP contribution in [0.3, 0.4) is 0 Å². The summed E-state index contributed by atoms with van der Waals surface area (Å²) < 4.78 is 38.9. The smallest absolute Gasteiger partial charge is 0.254 e. The Hall–Kier alpha value is -2.78. The van der Waals surface area contributed by atoms with Crippen molar-refractivity contribution in [2.45, 2.75) is 4.90 Å². The van der Waals surface area contributed by atoms with E-state index >= 15 is 0 Å². The number of carbonyl (C=O) groups excluding carboxylic acids is 2. The Bertz CT molecular complexity index is 931. The number of amides is 2. The Balaban J connectivity index is 2.07. The molecule has 26 heavy (non-hydrogen) atoms. The molecule has 0 saturated carbocycles. The van der Waals surface area contributed by atoms with Gasteiger partial charge in [0.2, 0.25) is 15.9 Å². The van der Waals surface area contributed by atoms with Crippen LogP contribution < -0.4 is 10.0 Å². The highest BCUT2D eigenvalue weighted by atomic mass is 32.2. The van der Waals surface area contributed by atoms with Crippen LogP contribution in [0.2, 0.25) is 0 Å². The van der Waals surface area contributed by atoms with Gasteiger partial charge in [-0.25, -0.2) is 17.5 Å². The van der Waals surface area contributed by atoms with Crippen molar-refractivity contribution in [1.29, 1.82) is 0 Å². The van der Waals surface area contributed by atoms with Crippen molar-refractivity contribution in [1.82, 2.24) is 9.62 Å². The average Bonchev–Trinajstić information content (AvgIpc) is 2.61. The topological polar surface area (TPSA) is 95.6 Å². The molecule has 0 aromatic heterocycles. The molecule has 9 heteroatoms. The van der Waals surface area contributed by atoms with Crippen molar-refractivity contribution in [3.63, 3.8) is 0 Å². The van der Waals surface area contributed by atoms with Gasteiger partial charge in [0.15, 0.2) is 0 Å². The van der Waals surface area contributed by atoms with Crippen LogP contribution >= 0.6 is 0 Å². The van der Waals surface area contributed by atoms with Crippen LogP contribution in [-0.4, -0.2) is 45.8 Å². The molecule has 0 atom stereocenters. The first-order chi connectivity index (χ1) is 12.2. The zero-order valence-corrected chi connectivity index (χ0v) is 15.0. The lowest BCUT2D eigenvalue weighted by atomic mass is 10.2. The maximum absolute atomic E-state index is 13.1. The van der Waals surface area contributed by atoms with Crippen molar-refractivity contribution < 1.29 is 22.4 Å². The van der Waals surface area contributed by atoms with Gasteiger partial charge in [0.05, 0.1) is 11.4 Å². The van der Waals surface area contributed by atoms with E-state index in [9.17, 15) is 22.4 Å². The fourth-order valence-corrected chi connectivity index (χ4v) is 2.96. The highest BCUT2D eigenvalue weighted by Gasteiger charge is 2.18. The Morgan fingerprint density at radius 1 is 1.12 bits per heavy atom. The van der Waals surface area contributed by atoms with E-state index in [1.54, 1.807) is 0 Å². The average molecular weight is 379 g/mol. The Labute approximate surface area is 150 Å². The van der Waals surface area contributed by atoms with Gasteiger partial charge in [0.25, 0.3) is 5.91 Å². The van der Waals surface area contributed by atoms with Crippen molar-refractivity contribution >= 4 is 27.5 Å². The lowest BCUT2D eigenvalue weighted by Crippen LogP contribution is -2.35. The zero-order chi connectivity index (χ0) is 19.3. The molecule has 0 fully saturated rings. The van der Waals surface area contributed by atoms with Gasteiger partial charge >= 0.3 is 0 Å². The van der Waals surface area contributed by atoms with Gasteiger partial charge in [-0.3, -0.25) is 9.59 Å². The number of nitrogens with zero attached hydrogens (tertiary/aromatic N) is 1. The van der Waals surface area contributed by atoms with E-state index in [2.05, 4.69) is 10.0 Å². The first-order valence-corrected chi connectivity index (χ1v) is 9.06. The van der Waals surface area contributed by atoms with E-state index in [-0.39, 0.29) is 22.7 Å². The number of nitrogens with one attached hydrogen (secondary N) is 2. The molecule has 0 bridgehead atoms. The number of benzene rings is 2. The monoisotopic (exact) mass is 379 g/mol. The minimum Gasteiger partial charge on any atom is -0.332 e. The molecule has 0 aliphatic carbocycles. The predicted molar refractivity (Wildman–Crippen MR) is 94.7 cm³/mol. The fourth-order valence-electron chi connectivity index (χ4n) is 2.19. The van der Waals surface area contributed by atoms with Gasteiger partial charge in [0.1, 0.15) is 5.82 Å². The Morgan fingerprint density at radius 2 is 1.81 bits per heavy atom. The normalized spacial score (nSPS) is 11.0. The van der Waals surface area contributed by atoms with Crippen LogP contribution in [0.4, 0.5) is 10.1 Å². The summed E-state index contributed by atoms with van der Waals surface area (Å²) in [6, 6.07) is 10.9. The van der Waals surface area contributed by atoms with Gasteiger partial charge in [-0.1, -0.05) is 12.1 Å². The van der Waals surface area contributed by atoms with Gasteiger partial charge < -0.3 is 10.2 Å². The third-order valence-corrected chi connectivity index (χ3v) is 4.91.